The van der Waals surface area contributed by atoms with E-state index in [-0.39, 0.29) is 0 Å². The lowest BCUT2D eigenvalue weighted by Crippen LogP contribution is -2.40. The minimum absolute atomic E-state index is 0.679. The Labute approximate surface area is 105 Å². The average molecular weight is 235 g/mol. The van der Waals surface area contributed by atoms with E-state index >= 15 is 0 Å². The predicted molar refractivity (Wildman–Crippen MR) is 70.8 cm³/mol. The number of aromatic nitrogens is 2. The van der Waals surface area contributed by atoms with Crippen molar-refractivity contribution in [3.8, 4) is 0 Å². The first kappa shape index (κ1) is 12.6. The topological polar surface area (TPSA) is 29.9 Å². The van der Waals surface area contributed by atoms with Gasteiger partial charge in [-0.3, -0.25) is 4.68 Å². The summed E-state index contributed by atoms with van der Waals surface area (Å²) in [6.45, 7) is 7.82. The third-order valence-electron chi connectivity index (χ3n) is 4.38. The molecule has 1 aliphatic carbocycles. The first-order valence-electron chi connectivity index (χ1n) is 6.80. The first-order valence-corrected chi connectivity index (χ1v) is 6.80. The van der Waals surface area contributed by atoms with E-state index in [2.05, 4.69) is 37.4 Å². The smallest absolute Gasteiger partial charge is 0.0638 e. The molecule has 0 bridgehead atoms. The van der Waals surface area contributed by atoms with E-state index < -0.39 is 0 Å². The number of rotatable bonds is 3. The molecule has 1 fully saturated rings. The fourth-order valence-corrected chi connectivity index (χ4v) is 2.93. The van der Waals surface area contributed by atoms with E-state index in [1.54, 1.807) is 0 Å². The van der Waals surface area contributed by atoms with Crippen molar-refractivity contribution in [2.45, 2.75) is 52.6 Å². The first-order chi connectivity index (χ1) is 8.08. The van der Waals surface area contributed by atoms with Gasteiger partial charge in [-0.05, 0) is 25.2 Å². The highest BCUT2D eigenvalue weighted by atomic mass is 15.2. The normalized spacial score (nSPS) is 29.5. The van der Waals surface area contributed by atoms with Crippen molar-refractivity contribution in [2.75, 3.05) is 0 Å². The van der Waals surface area contributed by atoms with Crippen LogP contribution in [0.4, 0.5) is 0 Å². The highest BCUT2D eigenvalue weighted by Gasteiger charge is 2.26. The summed E-state index contributed by atoms with van der Waals surface area (Å²) in [5, 5.41) is 8.10. The molecular formula is C14H25N3. The van der Waals surface area contributed by atoms with Gasteiger partial charge in [0.25, 0.3) is 0 Å². The van der Waals surface area contributed by atoms with Gasteiger partial charge in [-0.2, -0.15) is 5.10 Å². The molecule has 3 atom stereocenters. The highest BCUT2D eigenvalue weighted by molar-refractivity contribution is 5.15. The number of aryl methyl sites for hydroxylation is 2. The molecule has 3 heteroatoms. The van der Waals surface area contributed by atoms with Crippen molar-refractivity contribution in [1.29, 1.82) is 0 Å². The summed E-state index contributed by atoms with van der Waals surface area (Å²) in [4.78, 5) is 0. The van der Waals surface area contributed by atoms with E-state index in [0.717, 1.165) is 24.1 Å². The molecule has 3 nitrogen and oxygen atoms in total. The van der Waals surface area contributed by atoms with Crippen LogP contribution in [0.3, 0.4) is 0 Å². The Balaban J connectivity index is 1.91. The molecule has 0 aromatic carbocycles. The molecular weight excluding hydrogens is 210 g/mol. The van der Waals surface area contributed by atoms with Gasteiger partial charge < -0.3 is 5.32 Å². The number of hydrogen-bond acceptors (Lipinski definition) is 2. The zero-order valence-corrected chi connectivity index (χ0v) is 11.5. The van der Waals surface area contributed by atoms with Gasteiger partial charge in [0.05, 0.1) is 5.69 Å². The van der Waals surface area contributed by atoms with Crippen molar-refractivity contribution in [3.63, 3.8) is 0 Å². The van der Waals surface area contributed by atoms with Gasteiger partial charge >= 0.3 is 0 Å². The molecule has 1 N–H and O–H groups in total. The van der Waals surface area contributed by atoms with E-state index in [4.69, 9.17) is 0 Å². The van der Waals surface area contributed by atoms with Crippen molar-refractivity contribution in [3.05, 3.63) is 17.5 Å². The second-order valence-corrected chi connectivity index (χ2v) is 5.67. The molecule has 0 spiro atoms. The van der Waals surface area contributed by atoms with Crippen LogP contribution in [0, 0.1) is 18.8 Å². The standard InChI is InChI=1S/C14H25N3/c1-10-6-5-7-14(11(10)2)15-8-13-9-17(4)16-12(13)3/h9-11,14-15H,5-8H2,1-4H3. The Morgan fingerprint density at radius 1 is 1.41 bits per heavy atom. The predicted octanol–water partition coefficient (Wildman–Crippen LogP) is 2.64. The number of hydrogen-bond donors (Lipinski definition) is 1. The minimum Gasteiger partial charge on any atom is -0.310 e. The zero-order chi connectivity index (χ0) is 12.4. The van der Waals surface area contributed by atoms with Crippen molar-refractivity contribution < 1.29 is 0 Å². The molecule has 0 radical (unpaired) electrons. The van der Waals surface area contributed by atoms with Crippen LogP contribution in [0.2, 0.25) is 0 Å². The molecule has 3 unspecified atom stereocenters. The molecule has 2 rings (SSSR count). The van der Waals surface area contributed by atoms with Gasteiger partial charge in [0.2, 0.25) is 0 Å². The third-order valence-corrected chi connectivity index (χ3v) is 4.38. The van der Waals surface area contributed by atoms with Crippen molar-refractivity contribution in [1.82, 2.24) is 15.1 Å². The Kier molecular flexibility index (Phi) is 3.87. The van der Waals surface area contributed by atoms with Crippen molar-refractivity contribution >= 4 is 0 Å². The molecule has 17 heavy (non-hydrogen) atoms. The molecule has 0 aliphatic heterocycles. The Bertz CT molecular complexity index is 370. The number of nitrogens with zero attached hydrogens (tertiary/aromatic N) is 2. The summed E-state index contributed by atoms with van der Waals surface area (Å²) in [6.07, 6.45) is 6.21. The molecule has 96 valence electrons. The fourth-order valence-electron chi connectivity index (χ4n) is 2.93. The van der Waals surface area contributed by atoms with E-state index in [0.29, 0.717) is 6.04 Å². The summed E-state index contributed by atoms with van der Waals surface area (Å²) in [5.74, 6) is 1.65. The Hall–Kier alpha value is -0.830. The van der Waals surface area contributed by atoms with Gasteiger partial charge in [0.1, 0.15) is 0 Å². The molecule has 0 saturated heterocycles. The lowest BCUT2D eigenvalue weighted by Gasteiger charge is -2.34. The quantitative estimate of drug-likeness (QED) is 0.873. The number of nitrogens with one attached hydrogen (secondary N) is 1. The van der Waals surface area contributed by atoms with E-state index in [1.807, 2.05) is 11.7 Å². The van der Waals surface area contributed by atoms with Crippen LogP contribution in [0.1, 0.15) is 44.4 Å². The lowest BCUT2D eigenvalue weighted by molar-refractivity contribution is 0.206. The maximum atomic E-state index is 4.39. The largest absolute Gasteiger partial charge is 0.310 e. The fraction of sp³-hybridized carbons (Fsp3) is 0.786. The summed E-state index contributed by atoms with van der Waals surface area (Å²) in [5.41, 5.74) is 2.48. The molecule has 0 amide bonds. The Morgan fingerprint density at radius 2 is 2.18 bits per heavy atom. The van der Waals surface area contributed by atoms with Gasteiger partial charge in [0.15, 0.2) is 0 Å². The summed E-state index contributed by atoms with van der Waals surface area (Å²) < 4.78 is 1.90. The SMILES string of the molecule is Cc1nn(C)cc1CNC1CCCC(C)C1C. The average Bonchev–Trinajstić information content (AvgIpc) is 2.60. The molecule has 1 saturated carbocycles. The van der Waals surface area contributed by atoms with Gasteiger partial charge in [-0.1, -0.05) is 26.7 Å². The Morgan fingerprint density at radius 3 is 2.82 bits per heavy atom. The minimum atomic E-state index is 0.679. The third kappa shape index (κ3) is 2.89. The molecule has 1 aromatic heterocycles. The molecule has 1 aliphatic rings. The highest BCUT2D eigenvalue weighted by Crippen LogP contribution is 2.29. The van der Waals surface area contributed by atoms with Crippen molar-refractivity contribution in [2.24, 2.45) is 18.9 Å². The van der Waals surface area contributed by atoms with E-state index in [1.165, 1.54) is 24.8 Å². The summed E-state index contributed by atoms with van der Waals surface area (Å²) in [7, 11) is 1.99. The maximum Gasteiger partial charge on any atom is 0.0638 e. The summed E-state index contributed by atoms with van der Waals surface area (Å²) >= 11 is 0. The van der Waals surface area contributed by atoms with Crippen LogP contribution in [0.25, 0.3) is 0 Å². The monoisotopic (exact) mass is 235 g/mol. The second kappa shape index (κ2) is 5.21. The lowest BCUT2D eigenvalue weighted by atomic mass is 9.78. The van der Waals surface area contributed by atoms with Gasteiger partial charge in [0, 0.05) is 31.4 Å². The molecule has 1 aromatic rings. The van der Waals surface area contributed by atoms with Crippen LogP contribution < -0.4 is 5.32 Å². The van der Waals surface area contributed by atoms with Gasteiger partial charge in [-0.25, -0.2) is 0 Å². The maximum absolute atomic E-state index is 4.39. The van der Waals surface area contributed by atoms with Crippen LogP contribution in [0.5, 0.6) is 0 Å². The van der Waals surface area contributed by atoms with Crippen LogP contribution in [0.15, 0.2) is 6.20 Å². The van der Waals surface area contributed by atoms with Crippen LogP contribution >= 0.6 is 0 Å². The summed E-state index contributed by atoms with van der Waals surface area (Å²) in [6, 6.07) is 0.679. The van der Waals surface area contributed by atoms with Crippen LogP contribution in [-0.2, 0) is 13.6 Å². The van der Waals surface area contributed by atoms with E-state index in [9.17, 15) is 0 Å². The zero-order valence-electron chi connectivity index (χ0n) is 11.5. The molecule has 1 heterocycles. The second-order valence-electron chi connectivity index (χ2n) is 5.67. The van der Waals surface area contributed by atoms with Crippen LogP contribution in [-0.4, -0.2) is 15.8 Å². The van der Waals surface area contributed by atoms with Gasteiger partial charge in [-0.15, -0.1) is 0 Å².